The van der Waals surface area contributed by atoms with Crippen LogP contribution in [0.25, 0.3) is 0 Å². The molecule has 0 aliphatic rings. The van der Waals surface area contributed by atoms with Gasteiger partial charge in [0.1, 0.15) is 18.1 Å². The molecule has 19 heavy (non-hydrogen) atoms. The molecule has 1 heterocycles. The summed E-state index contributed by atoms with van der Waals surface area (Å²) in [5, 5.41) is 3.27. The van der Waals surface area contributed by atoms with E-state index in [0.717, 1.165) is 35.1 Å². The molecule has 1 aromatic heterocycles. The van der Waals surface area contributed by atoms with E-state index in [1.807, 2.05) is 30.5 Å². The zero-order chi connectivity index (χ0) is 13.5. The van der Waals surface area contributed by atoms with Crippen molar-refractivity contribution in [2.75, 3.05) is 12.8 Å². The first-order valence-corrected chi connectivity index (χ1v) is 7.58. The predicted octanol–water partition coefficient (Wildman–Crippen LogP) is 3.69. The number of furan rings is 1. The Hall–Kier alpha value is -1.39. The number of ether oxygens (including phenoxy) is 1. The fraction of sp³-hybridized carbons (Fsp3) is 0.333. The normalized spacial score (nSPS) is 10.6. The van der Waals surface area contributed by atoms with Crippen LogP contribution in [0, 0.1) is 0 Å². The van der Waals surface area contributed by atoms with Crippen molar-refractivity contribution in [1.29, 1.82) is 0 Å². The van der Waals surface area contributed by atoms with E-state index >= 15 is 0 Å². The van der Waals surface area contributed by atoms with Gasteiger partial charge in [-0.25, -0.2) is 0 Å². The van der Waals surface area contributed by atoms with Gasteiger partial charge in [0, 0.05) is 17.0 Å². The molecule has 0 radical (unpaired) electrons. The molecule has 0 aliphatic carbocycles. The fourth-order valence-corrected chi connectivity index (χ4v) is 2.29. The van der Waals surface area contributed by atoms with Crippen molar-refractivity contribution < 1.29 is 9.15 Å². The highest BCUT2D eigenvalue weighted by molar-refractivity contribution is 7.98. The van der Waals surface area contributed by atoms with E-state index in [-0.39, 0.29) is 0 Å². The zero-order valence-electron chi connectivity index (χ0n) is 11.3. The third-order valence-electron chi connectivity index (χ3n) is 2.73. The van der Waals surface area contributed by atoms with Gasteiger partial charge in [0.15, 0.2) is 0 Å². The molecule has 3 nitrogen and oxygen atoms in total. The minimum atomic E-state index is 0.462. The maximum atomic E-state index is 5.80. The Bertz CT molecular complexity index is 510. The van der Waals surface area contributed by atoms with Crippen LogP contribution in [0.4, 0.5) is 0 Å². The summed E-state index contributed by atoms with van der Waals surface area (Å²) >= 11 is 1.68. The van der Waals surface area contributed by atoms with E-state index in [2.05, 4.69) is 18.3 Å². The molecule has 102 valence electrons. The lowest BCUT2D eigenvalue weighted by Crippen LogP contribution is -2.10. The third kappa shape index (κ3) is 4.04. The van der Waals surface area contributed by atoms with Crippen LogP contribution >= 0.6 is 11.8 Å². The highest BCUT2D eigenvalue weighted by atomic mass is 32.2. The van der Waals surface area contributed by atoms with Gasteiger partial charge in [0.05, 0.1) is 6.26 Å². The Morgan fingerprint density at radius 1 is 1.32 bits per heavy atom. The lowest BCUT2D eigenvalue weighted by Gasteiger charge is -2.07. The Kier molecular flexibility index (Phi) is 5.36. The van der Waals surface area contributed by atoms with E-state index in [0.29, 0.717) is 6.61 Å². The van der Waals surface area contributed by atoms with Crippen LogP contribution in [-0.2, 0) is 13.2 Å². The van der Waals surface area contributed by atoms with Crippen LogP contribution in [0.5, 0.6) is 5.75 Å². The van der Waals surface area contributed by atoms with Gasteiger partial charge >= 0.3 is 0 Å². The Morgan fingerprint density at radius 2 is 2.16 bits per heavy atom. The van der Waals surface area contributed by atoms with E-state index in [9.17, 15) is 0 Å². The molecule has 0 unspecified atom stereocenters. The molecule has 0 atom stereocenters. The second-order valence-electron chi connectivity index (χ2n) is 4.14. The van der Waals surface area contributed by atoms with Crippen LogP contribution in [-0.4, -0.2) is 12.8 Å². The predicted molar refractivity (Wildman–Crippen MR) is 78.6 cm³/mol. The largest absolute Gasteiger partial charge is 0.484 e. The first kappa shape index (κ1) is 14.0. The number of para-hydroxylation sites is 1. The van der Waals surface area contributed by atoms with E-state index in [1.54, 1.807) is 18.0 Å². The Labute approximate surface area is 118 Å². The molecule has 0 amide bonds. The molecular weight excluding hydrogens is 258 g/mol. The van der Waals surface area contributed by atoms with Crippen LogP contribution < -0.4 is 10.1 Å². The van der Waals surface area contributed by atoms with Crippen molar-refractivity contribution in [3.63, 3.8) is 0 Å². The molecule has 4 heteroatoms. The molecule has 1 aromatic carbocycles. The molecule has 0 saturated carbocycles. The molecule has 0 bridgehead atoms. The van der Waals surface area contributed by atoms with E-state index in [1.165, 1.54) is 0 Å². The second-order valence-corrected chi connectivity index (χ2v) is 4.99. The van der Waals surface area contributed by atoms with Crippen molar-refractivity contribution in [3.8, 4) is 5.75 Å². The molecule has 0 spiro atoms. The summed E-state index contributed by atoms with van der Waals surface area (Å²) in [4.78, 5) is 1.14. The average Bonchev–Trinajstić information content (AvgIpc) is 2.91. The topological polar surface area (TPSA) is 34.4 Å². The van der Waals surface area contributed by atoms with Crippen molar-refractivity contribution in [2.45, 2.75) is 25.0 Å². The molecule has 0 aliphatic heterocycles. The summed E-state index contributed by atoms with van der Waals surface area (Å²) in [7, 11) is 0. The lowest BCUT2D eigenvalue weighted by molar-refractivity contribution is 0.264. The average molecular weight is 277 g/mol. The minimum Gasteiger partial charge on any atom is -0.484 e. The number of nitrogens with one attached hydrogen (secondary N) is 1. The summed E-state index contributed by atoms with van der Waals surface area (Å²) in [6, 6.07) is 10.1. The van der Waals surface area contributed by atoms with Crippen molar-refractivity contribution in [3.05, 3.63) is 47.9 Å². The van der Waals surface area contributed by atoms with Crippen molar-refractivity contribution >= 4 is 11.8 Å². The maximum absolute atomic E-state index is 5.80. The highest BCUT2D eigenvalue weighted by Gasteiger charge is 2.05. The summed E-state index contributed by atoms with van der Waals surface area (Å²) in [5.41, 5.74) is 1.15. The zero-order valence-corrected chi connectivity index (χ0v) is 12.1. The number of hydrogen-bond acceptors (Lipinski definition) is 4. The number of rotatable bonds is 7. The van der Waals surface area contributed by atoms with Gasteiger partial charge in [0.2, 0.25) is 0 Å². The molecule has 2 rings (SSSR count). The van der Waals surface area contributed by atoms with Crippen LogP contribution in [0.1, 0.15) is 18.2 Å². The maximum Gasteiger partial charge on any atom is 0.146 e. The Balaban J connectivity index is 1.93. The first-order chi connectivity index (χ1) is 9.33. The number of hydrogen-bond donors (Lipinski definition) is 1. The summed E-state index contributed by atoms with van der Waals surface area (Å²) in [6.45, 7) is 4.34. The summed E-state index contributed by atoms with van der Waals surface area (Å²) < 4.78 is 11.3. The quantitative estimate of drug-likeness (QED) is 0.783. The smallest absolute Gasteiger partial charge is 0.146 e. The van der Waals surface area contributed by atoms with E-state index in [4.69, 9.17) is 9.15 Å². The SMILES string of the molecule is CCNCc1coc(COc2ccccc2SC)c1. The third-order valence-corrected chi connectivity index (χ3v) is 3.50. The minimum absolute atomic E-state index is 0.462. The number of thioether (sulfide) groups is 1. The lowest BCUT2D eigenvalue weighted by atomic mass is 10.3. The van der Waals surface area contributed by atoms with Gasteiger partial charge in [-0.3, -0.25) is 0 Å². The highest BCUT2D eigenvalue weighted by Crippen LogP contribution is 2.27. The molecule has 0 saturated heterocycles. The standard InChI is InChI=1S/C15H19NO2S/c1-3-16-9-12-8-13(17-10-12)11-18-14-6-4-5-7-15(14)19-2/h4-8,10,16H,3,9,11H2,1-2H3. The van der Waals surface area contributed by atoms with Crippen LogP contribution in [0.15, 0.2) is 45.9 Å². The van der Waals surface area contributed by atoms with Gasteiger partial charge in [-0.2, -0.15) is 0 Å². The molecular formula is C15H19NO2S. The fourth-order valence-electron chi connectivity index (χ4n) is 1.75. The van der Waals surface area contributed by atoms with Crippen LogP contribution in [0.2, 0.25) is 0 Å². The summed E-state index contributed by atoms with van der Waals surface area (Å²) in [6.07, 6.45) is 3.82. The van der Waals surface area contributed by atoms with Crippen molar-refractivity contribution in [2.24, 2.45) is 0 Å². The summed E-state index contributed by atoms with van der Waals surface area (Å²) in [5.74, 6) is 1.75. The van der Waals surface area contributed by atoms with Gasteiger partial charge in [-0.15, -0.1) is 11.8 Å². The monoisotopic (exact) mass is 277 g/mol. The Morgan fingerprint density at radius 3 is 2.95 bits per heavy atom. The van der Waals surface area contributed by atoms with Gasteiger partial charge < -0.3 is 14.5 Å². The number of benzene rings is 1. The van der Waals surface area contributed by atoms with Gasteiger partial charge in [-0.1, -0.05) is 19.1 Å². The molecule has 0 fully saturated rings. The van der Waals surface area contributed by atoms with Crippen molar-refractivity contribution in [1.82, 2.24) is 5.32 Å². The van der Waals surface area contributed by atoms with E-state index < -0.39 is 0 Å². The second kappa shape index (κ2) is 7.26. The van der Waals surface area contributed by atoms with Gasteiger partial charge in [0.25, 0.3) is 0 Å². The van der Waals surface area contributed by atoms with Crippen LogP contribution in [0.3, 0.4) is 0 Å². The van der Waals surface area contributed by atoms with Gasteiger partial charge in [-0.05, 0) is 31.0 Å². The first-order valence-electron chi connectivity index (χ1n) is 6.36. The molecule has 1 N–H and O–H groups in total. The molecule has 2 aromatic rings.